The van der Waals surface area contributed by atoms with Crippen LogP contribution < -0.4 is 20.9 Å². The number of hydrogen-bond donors (Lipinski definition) is 3. The minimum absolute atomic E-state index is 0.0478. The number of rotatable bonds is 9. The summed E-state index contributed by atoms with van der Waals surface area (Å²) in [5.74, 6) is 0.446. The molecule has 13 heteroatoms. The van der Waals surface area contributed by atoms with Gasteiger partial charge in [-0.25, -0.2) is 19.2 Å². The van der Waals surface area contributed by atoms with Gasteiger partial charge >= 0.3 is 6.09 Å². The van der Waals surface area contributed by atoms with E-state index >= 15 is 0 Å². The topological polar surface area (TPSA) is 134 Å². The number of halogens is 1. The molecule has 260 valence electrons. The van der Waals surface area contributed by atoms with Crippen LogP contribution in [0.15, 0.2) is 61.3 Å². The smallest absolute Gasteiger partial charge is 0.410 e. The van der Waals surface area contributed by atoms with E-state index in [4.69, 9.17) is 9.47 Å². The number of carbonyl (C=O) groups is 2. The number of likely N-dealkylation sites (tertiary alicyclic amines) is 1. The molecular formula is C36H45FN8O4. The van der Waals surface area contributed by atoms with E-state index in [2.05, 4.69) is 54.5 Å². The van der Waals surface area contributed by atoms with Crippen molar-refractivity contribution in [2.75, 3.05) is 61.5 Å². The summed E-state index contributed by atoms with van der Waals surface area (Å²) >= 11 is 0. The van der Waals surface area contributed by atoms with E-state index in [-0.39, 0.29) is 60.2 Å². The van der Waals surface area contributed by atoms with Crippen molar-refractivity contribution in [3.8, 4) is 0 Å². The summed E-state index contributed by atoms with van der Waals surface area (Å²) in [6, 6.07) is 13.1. The summed E-state index contributed by atoms with van der Waals surface area (Å²) in [6.07, 6.45) is 6.98. The number of nitrogens with zero attached hydrogens (tertiary/aromatic N) is 5. The molecule has 2 aromatic heterocycles. The average Bonchev–Trinajstić information content (AvgIpc) is 3.07. The van der Waals surface area contributed by atoms with Crippen LogP contribution in [0.4, 0.5) is 38.1 Å². The number of aromatic nitrogens is 3. The predicted octanol–water partition coefficient (Wildman–Crippen LogP) is 6.09. The largest absolute Gasteiger partial charge is 0.444 e. The third kappa shape index (κ3) is 8.10. The van der Waals surface area contributed by atoms with Crippen molar-refractivity contribution in [3.63, 3.8) is 0 Å². The molecule has 3 saturated heterocycles. The van der Waals surface area contributed by atoms with Crippen molar-refractivity contribution in [1.82, 2.24) is 25.2 Å². The number of carbonyl (C=O) groups excluding carboxylic acids is 2. The van der Waals surface area contributed by atoms with E-state index in [1.165, 1.54) is 6.20 Å². The average molecular weight is 673 g/mol. The first kappa shape index (κ1) is 34.1. The van der Waals surface area contributed by atoms with Gasteiger partial charge in [0.05, 0.1) is 18.9 Å². The van der Waals surface area contributed by atoms with E-state index in [9.17, 15) is 14.0 Å². The maximum atomic E-state index is 15.0. The number of benzene rings is 1. The molecule has 12 nitrogen and oxygen atoms in total. The fraction of sp³-hybridized carbons (Fsp3) is 0.472. The van der Waals surface area contributed by atoms with Gasteiger partial charge < -0.3 is 35.2 Å². The third-order valence-electron chi connectivity index (χ3n) is 9.35. The van der Waals surface area contributed by atoms with Crippen LogP contribution in [0, 0.1) is 5.41 Å². The number of piperidine rings is 2. The maximum Gasteiger partial charge on any atom is 0.410 e. The molecule has 5 heterocycles. The van der Waals surface area contributed by atoms with Crippen molar-refractivity contribution >= 4 is 41.0 Å². The summed E-state index contributed by atoms with van der Waals surface area (Å²) in [7, 11) is 0. The summed E-state index contributed by atoms with van der Waals surface area (Å²) in [4.78, 5) is 43.1. The first-order valence-corrected chi connectivity index (χ1v) is 16.8. The lowest BCUT2D eigenvalue weighted by Crippen LogP contribution is -2.49. The zero-order valence-corrected chi connectivity index (χ0v) is 28.4. The Kier molecular flexibility index (Phi) is 9.73. The van der Waals surface area contributed by atoms with E-state index < -0.39 is 11.3 Å². The fourth-order valence-corrected chi connectivity index (χ4v) is 6.38. The molecule has 0 saturated carbocycles. The van der Waals surface area contributed by atoms with Crippen LogP contribution >= 0.6 is 0 Å². The van der Waals surface area contributed by atoms with Crippen LogP contribution in [0.1, 0.15) is 62.5 Å². The summed E-state index contributed by atoms with van der Waals surface area (Å²) in [5, 5.41) is 9.06. The molecule has 0 radical (unpaired) electrons. The van der Waals surface area contributed by atoms with Gasteiger partial charge in [0.2, 0.25) is 5.95 Å². The standard InChI is InChI=1S/C36H45FN8O4/c1-5-17-38-31(46)27-22-39-32(43-30(27)42-29-8-6-7-28(41-29)36(37)23-48-24-36)40-25-9-11-26(12-10-25)44-18-13-35(14-19-44)15-20-45(21-16-35)33(47)49-34(2,3)4/h5-12,22H,1,13-21,23-24H2,2-4H3,(H,38,46)(H2,39,40,41,42,43). The van der Waals surface area contributed by atoms with Gasteiger partial charge in [-0.2, -0.15) is 4.98 Å². The monoisotopic (exact) mass is 672 g/mol. The molecule has 3 fully saturated rings. The number of nitrogens with one attached hydrogen (secondary N) is 3. The van der Waals surface area contributed by atoms with Gasteiger partial charge in [0.1, 0.15) is 22.8 Å². The number of amides is 2. The molecule has 3 aliphatic heterocycles. The van der Waals surface area contributed by atoms with E-state index in [1.807, 2.05) is 37.8 Å². The Morgan fingerprint density at radius 3 is 2.33 bits per heavy atom. The molecular weight excluding hydrogens is 627 g/mol. The van der Waals surface area contributed by atoms with Crippen molar-refractivity contribution in [2.45, 2.75) is 57.7 Å². The lowest BCUT2D eigenvalue weighted by atomic mass is 9.71. The highest BCUT2D eigenvalue weighted by Gasteiger charge is 2.42. The van der Waals surface area contributed by atoms with Gasteiger partial charge in [0.25, 0.3) is 5.91 Å². The van der Waals surface area contributed by atoms with Crippen LogP contribution in [0.3, 0.4) is 0 Å². The van der Waals surface area contributed by atoms with Crippen LogP contribution in [-0.4, -0.2) is 83.4 Å². The lowest BCUT2D eigenvalue weighted by molar-refractivity contribution is -0.137. The van der Waals surface area contributed by atoms with Crippen molar-refractivity contribution in [1.29, 1.82) is 0 Å². The van der Waals surface area contributed by atoms with Gasteiger partial charge in [0.15, 0.2) is 5.67 Å². The zero-order chi connectivity index (χ0) is 34.6. The van der Waals surface area contributed by atoms with E-state index in [1.54, 1.807) is 24.3 Å². The molecule has 0 bridgehead atoms. The normalized spacial score (nSPS) is 18.3. The first-order chi connectivity index (χ1) is 23.4. The molecule has 0 unspecified atom stereocenters. The molecule has 6 rings (SSSR count). The van der Waals surface area contributed by atoms with E-state index in [0.717, 1.165) is 63.2 Å². The third-order valence-corrected chi connectivity index (χ3v) is 9.35. The second-order valence-corrected chi connectivity index (χ2v) is 14.1. The Morgan fingerprint density at radius 2 is 1.69 bits per heavy atom. The lowest BCUT2D eigenvalue weighted by Gasteiger charge is -2.47. The summed E-state index contributed by atoms with van der Waals surface area (Å²) in [5.41, 5.74) is 0.523. The number of ether oxygens (including phenoxy) is 2. The van der Waals surface area contributed by atoms with Gasteiger partial charge in [-0.15, -0.1) is 6.58 Å². The number of pyridine rings is 1. The van der Waals surface area contributed by atoms with Gasteiger partial charge in [0, 0.05) is 50.3 Å². The minimum Gasteiger partial charge on any atom is -0.444 e. The highest BCUT2D eigenvalue weighted by atomic mass is 19.1. The second kappa shape index (κ2) is 14.0. The quantitative estimate of drug-likeness (QED) is 0.230. The zero-order valence-electron chi connectivity index (χ0n) is 28.4. The molecule has 3 aliphatic rings. The second-order valence-electron chi connectivity index (χ2n) is 14.1. The van der Waals surface area contributed by atoms with Gasteiger partial charge in [-0.05, 0) is 88.3 Å². The maximum absolute atomic E-state index is 15.0. The first-order valence-electron chi connectivity index (χ1n) is 16.8. The minimum atomic E-state index is -1.64. The molecule has 1 spiro atoms. The van der Waals surface area contributed by atoms with Crippen LogP contribution in [-0.2, 0) is 15.1 Å². The molecule has 3 aromatic rings. The molecule has 2 amide bonds. The van der Waals surface area contributed by atoms with Crippen molar-refractivity contribution < 1.29 is 23.5 Å². The summed E-state index contributed by atoms with van der Waals surface area (Å²) < 4.78 is 25.6. The van der Waals surface area contributed by atoms with Crippen LogP contribution in [0.2, 0.25) is 0 Å². The molecule has 1 aromatic carbocycles. The highest BCUT2D eigenvalue weighted by Crippen LogP contribution is 2.42. The van der Waals surface area contributed by atoms with Gasteiger partial charge in [-0.1, -0.05) is 12.1 Å². The Balaban J connectivity index is 1.08. The number of alkyl halides is 1. The SMILES string of the molecule is C=CCNC(=O)c1cnc(Nc2ccc(N3CCC4(CCN(C(=O)OC(C)(C)C)CC4)CC3)cc2)nc1Nc1cccc(C2(F)COC2)n1. The molecule has 0 atom stereocenters. The van der Waals surface area contributed by atoms with Crippen LogP contribution in [0.25, 0.3) is 0 Å². The Bertz CT molecular complexity index is 1660. The number of anilines is 5. The van der Waals surface area contributed by atoms with Crippen molar-refractivity contribution in [3.05, 3.63) is 72.6 Å². The predicted molar refractivity (Wildman–Crippen MR) is 186 cm³/mol. The van der Waals surface area contributed by atoms with E-state index in [0.29, 0.717) is 5.82 Å². The molecule has 3 N–H and O–H groups in total. The molecule has 49 heavy (non-hydrogen) atoms. The number of hydrogen-bond acceptors (Lipinski definition) is 10. The van der Waals surface area contributed by atoms with Gasteiger partial charge in [-0.3, -0.25) is 4.79 Å². The Morgan fingerprint density at radius 1 is 1.00 bits per heavy atom. The van der Waals surface area contributed by atoms with Crippen molar-refractivity contribution in [2.24, 2.45) is 5.41 Å². The fourth-order valence-electron chi connectivity index (χ4n) is 6.38. The van der Waals surface area contributed by atoms with Crippen LogP contribution in [0.5, 0.6) is 0 Å². The Hall–Kier alpha value is -4.78. The Labute approximate surface area is 286 Å². The summed E-state index contributed by atoms with van der Waals surface area (Å²) in [6.45, 7) is 12.9. The highest BCUT2D eigenvalue weighted by molar-refractivity contribution is 5.99. The molecule has 0 aliphatic carbocycles.